The Balaban J connectivity index is 1.47. The molecular formula is C20H15N3O5S. The summed E-state index contributed by atoms with van der Waals surface area (Å²) in [5.41, 5.74) is 2.58. The zero-order chi connectivity index (χ0) is 20.4. The Morgan fingerprint density at radius 3 is 2.97 bits per heavy atom. The predicted molar refractivity (Wildman–Crippen MR) is 109 cm³/mol. The molecule has 0 saturated heterocycles. The maximum absolute atomic E-state index is 12.4. The van der Waals surface area contributed by atoms with E-state index in [0.717, 1.165) is 10.9 Å². The van der Waals surface area contributed by atoms with E-state index in [1.165, 1.54) is 23.5 Å². The molecule has 2 aromatic carbocycles. The van der Waals surface area contributed by atoms with Gasteiger partial charge < -0.3 is 14.5 Å². The topological polar surface area (TPSA) is 108 Å². The van der Waals surface area contributed by atoms with Gasteiger partial charge in [-0.1, -0.05) is 12.1 Å². The first-order valence-corrected chi connectivity index (χ1v) is 9.46. The first-order valence-electron chi connectivity index (χ1n) is 8.58. The second kappa shape index (κ2) is 7.72. The third kappa shape index (κ3) is 3.94. The standard InChI is InChI=1S/C20H15N3O5S/c1-27-15-5-6-16-13(10-28-18(16)9-15)8-19(24)22-20-21-17(11-29-20)12-3-2-4-14(7-12)23(25)26/h2-7,9-11H,8H2,1H3,(H,21,22,24). The SMILES string of the molecule is COc1ccc2c(CC(=O)Nc3nc(-c4cccc([N+](=O)[O-])c4)cs3)coc2c1. The molecule has 0 atom stereocenters. The van der Waals surface area contributed by atoms with E-state index in [9.17, 15) is 14.9 Å². The molecular weight excluding hydrogens is 394 g/mol. The van der Waals surface area contributed by atoms with Crippen molar-refractivity contribution in [1.82, 2.24) is 4.98 Å². The van der Waals surface area contributed by atoms with Crippen LogP contribution < -0.4 is 10.1 Å². The molecule has 0 bridgehead atoms. The van der Waals surface area contributed by atoms with Gasteiger partial charge in [-0.25, -0.2) is 4.98 Å². The zero-order valence-corrected chi connectivity index (χ0v) is 16.1. The number of nitro benzene ring substituents is 1. The summed E-state index contributed by atoms with van der Waals surface area (Å²) in [4.78, 5) is 27.3. The molecule has 0 aliphatic carbocycles. The third-order valence-corrected chi connectivity index (χ3v) is 5.07. The molecule has 0 fully saturated rings. The fourth-order valence-electron chi connectivity index (χ4n) is 2.91. The summed E-state index contributed by atoms with van der Waals surface area (Å²) >= 11 is 1.26. The maximum Gasteiger partial charge on any atom is 0.270 e. The van der Waals surface area contributed by atoms with Gasteiger partial charge in [0.2, 0.25) is 5.91 Å². The molecule has 4 aromatic rings. The van der Waals surface area contributed by atoms with Crippen molar-refractivity contribution in [3.63, 3.8) is 0 Å². The summed E-state index contributed by atoms with van der Waals surface area (Å²) < 4.78 is 10.7. The van der Waals surface area contributed by atoms with E-state index >= 15 is 0 Å². The van der Waals surface area contributed by atoms with Crippen molar-refractivity contribution in [2.24, 2.45) is 0 Å². The van der Waals surface area contributed by atoms with Crippen LogP contribution in [-0.2, 0) is 11.2 Å². The highest BCUT2D eigenvalue weighted by Gasteiger charge is 2.14. The molecule has 4 rings (SSSR count). The lowest BCUT2D eigenvalue weighted by Gasteiger charge is -2.01. The molecule has 2 heterocycles. The number of nitro groups is 1. The number of methoxy groups -OCH3 is 1. The van der Waals surface area contributed by atoms with Crippen LogP contribution in [0.15, 0.2) is 58.5 Å². The van der Waals surface area contributed by atoms with E-state index in [2.05, 4.69) is 10.3 Å². The summed E-state index contributed by atoms with van der Waals surface area (Å²) in [6, 6.07) is 11.6. The molecule has 0 radical (unpaired) electrons. The number of fused-ring (bicyclic) bond motifs is 1. The Hall–Kier alpha value is -3.72. The van der Waals surface area contributed by atoms with Crippen molar-refractivity contribution in [3.05, 3.63) is 69.8 Å². The number of carbonyl (C=O) groups excluding carboxylic acids is 1. The van der Waals surface area contributed by atoms with E-state index < -0.39 is 4.92 Å². The second-order valence-corrected chi connectivity index (χ2v) is 7.05. The highest BCUT2D eigenvalue weighted by Crippen LogP contribution is 2.29. The monoisotopic (exact) mass is 409 g/mol. The van der Waals surface area contributed by atoms with Crippen molar-refractivity contribution < 1.29 is 18.9 Å². The van der Waals surface area contributed by atoms with Gasteiger partial charge in [0.05, 0.1) is 30.4 Å². The molecule has 0 spiro atoms. The average molecular weight is 409 g/mol. The Labute approximate surface area is 168 Å². The minimum atomic E-state index is -0.455. The van der Waals surface area contributed by atoms with Gasteiger partial charge in [0.15, 0.2) is 5.13 Å². The molecule has 0 unspecified atom stereocenters. The van der Waals surface area contributed by atoms with E-state index in [0.29, 0.717) is 27.7 Å². The van der Waals surface area contributed by atoms with Gasteiger partial charge in [-0.2, -0.15) is 0 Å². The molecule has 1 amide bonds. The smallest absolute Gasteiger partial charge is 0.270 e. The first kappa shape index (κ1) is 18.6. The molecule has 146 valence electrons. The average Bonchev–Trinajstić information content (AvgIpc) is 3.35. The first-order chi connectivity index (χ1) is 14.0. The van der Waals surface area contributed by atoms with Crippen LogP contribution in [0.25, 0.3) is 22.2 Å². The molecule has 1 N–H and O–H groups in total. The summed E-state index contributed by atoms with van der Waals surface area (Å²) in [6.07, 6.45) is 1.69. The van der Waals surface area contributed by atoms with Crippen LogP contribution in [0.2, 0.25) is 0 Å². The van der Waals surface area contributed by atoms with Gasteiger partial charge in [0, 0.05) is 40.1 Å². The number of anilines is 1. The lowest BCUT2D eigenvalue weighted by molar-refractivity contribution is -0.384. The van der Waals surface area contributed by atoms with Crippen molar-refractivity contribution in [2.75, 3.05) is 12.4 Å². The van der Waals surface area contributed by atoms with E-state index in [1.54, 1.807) is 37.0 Å². The molecule has 0 aliphatic heterocycles. The van der Waals surface area contributed by atoms with Crippen LogP contribution in [0, 0.1) is 10.1 Å². The number of rotatable bonds is 6. The number of nitrogens with zero attached hydrogens (tertiary/aromatic N) is 2. The fraction of sp³-hybridized carbons (Fsp3) is 0.100. The summed E-state index contributed by atoms with van der Waals surface area (Å²) in [5.74, 6) is 0.447. The minimum absolute atomic E-state index is 0.00967. The summed E-state index contributed by atoms with van der Waals surface area (Å²) in [5, 5.41) is 16.7. The van der Waals surface area contributed by atoms with Gasteiger partial charge in [0.25, 0.3) is 5.69 Å². The molecule has 0 aliphatic rings. The van der Waals surface area contributed by atoms with Crippen LogP contribution in [0.4, 0.5) is 10.8 Å². The number of aromatic nitrogens is 1. The van der Waals surface area contributed by atoms with Gasteiger partial charge >= 0.3 is 0 Å². The largest absolute Gasteiger partial charge is 0.497 e. The second-order valence-electron chi connectivity index (χ2n) is 6.19. The van der Waals surface area contributed by atoms with Crippen LogP contribution >= 0.6 is 11.3 Å². The fourth-order valence-corrected chi connectivity index (χ4v) is 3.64. The lowest BCUT2D eigenvalue weighted by atomic mass is 10.1. The number of nitrogens with one attached hydrogen (secondary N) is 1. The quantitative estimate of drug-likeness (QED) is 0.367. The van der Waals surface area contributed by atoms with Crippen molar-refractivity contribution in [2.45, 2.75) is 6.42 Å². The predicted octanol–water partition coefficient (Wildman–Crippen LogP) is 4.65. The highest BCUT2D eigenvalue weighted by molar-refractivity contribution is 7.14. The molecule has 0 saturated carbocycles. The number of hydrogen-bond acceptors (Lipinski definition) is 7. The van der Waals surface area contributed by atoms with Gasteiger partial charge in [-0.15, -0.1) is 11.3 Å². The van der Waals surface area contributed by atoms with E-state index in [1.807, 2.05) is 12.1 Å². The Kier molecular flexibility index (Phi) is 4.96. The maximum atomic E-state index is 12.4. The Morgan fingerprint density at radius 1 is 1.31 bits per heavy atom. The number of hydrogen-bond donors (Lipinski definition) is 1. The van der Waals surface area contributed by atoms with Crippen molar-refractivity contribution >= 4 is 39.0 Å². The van der Waals surface area contributed by atoms with E-state index in [-0.39, 0.29) is 18.0 Å². The van der Waals surface area contributed by atoms with Gasteiger partial charge in [-0.05, 0) is 12.1 Å². The highest BCUT2D eigenvalue weighted by atomic mass is 32.1. The zero-order valence-electron chi connectivity index (χ0n) is 15.2. The number of non-ortho nitro benzene ring substituents is 1. The number of carbonyl (C=O) groups is 1. The molecule has 2 aromatic heterocycles. The van der Waals surface area contributed by atoms with Crippen molar-refractivity contribution in [3.8, 4) is 17.0 Å². The Morgan fingerprint density at radius 2 is 2.17 bits per heavy atom. The van der Waals surface area contributed by atoms with E-state index in [4.69, 9.17) is 9.15 Å². The molecule has 9 heteroatoms. The summed E-state index contributed by atoms with van der Waals surface area (Å²) in [6.45, 7) is 0. The molecule has 8 nitrogen and oxygen atoms in total. The third-order valence-electron chi connectivity index (χ3n) is 4.32. The van der Waals surface area contributed by atoms with Gasteiger partial charge in [-0.3, -0.25) is 14.9 Å². The van der Waals surface area contributed by atoms with Gasteiger partial charge in [0.1, 0.15) is 11.3 Å². The van der Waals surface area contributed by atoms with Crippen LogP contribution in [-0.4, -0.2) is 22.9 Å². The van der Waals surface area contributed by atoms with Crippen molar-refractivity contribution in [1.29, 1.82) is 0 Å². The number of benzene rings is 2. The number of furan rings is 1. The molecule has 29 heavy (non-hydrogen) atoms. The Bertz CT molecular complexity index is 1210. The van der Waals surface area contributed by atoms with Crippen LogP contribution in [0.1, 0.15) is 5.56 Å². The number of amides is 1. The lowest BCUT2D eigenvalue weighted by Crippen LogP contribution is -2.13. The summed E-state index contributed by atoms with van der Waals surface area (Å²) in [7, 11) is 1.58. The van der Waals surface area contributed by atoms with Crippen LogP contribution in [0.5, 0.6) is 5.75 Å². The minimum Gasteiger partial charge on any atom is -0.497 e. The van der Waals surface area contributed by atoms with Crippen LogP contribution in [0.3, 0.4) is 0 Å². The number of ether oxygens (including phenoxy) is 1. The normalized spacial score (nSPS) is 10.8. The number of thiazole rings is 1.